The van der Waals surface area contributed by atoms with Gasteiger partial charge >= 0.3 is 0 Å². The second kappa shape index (κ2) is 6.99. The molecule has 0 amide bonds. The number of ether oxygens (including phenoxy) is 1. The monoisotopic (exact) mass is 271 g/mol. The third-order valence-electron chi connectivity index (χ3n) is 3.34. The molecule has 0 atom stereocenters. The van der Waals surface area contributed by atoms with Gasteiger partial charge < -0.3 is 9.64 Å². The lowest BCUT2D eigenvalue weighted by atomic mass is 10.1. The van der Waals surface area contributed by atoms with E-state index >= 15 is 0 Å². The molecule has 1 aromatic carbocycles. The van der Waals surface area contributed by atoms with E-state index in [-0.39, 0.29) is 0 Å². The van der Waals surface area contributed by atoms with Crippen molar-refractivity contribution in [2.24, 2.45) is 0 Å². The normalized spacial score (nSPS) is 10.5. The molecule has 0 unspecified atom stereocenters. The van der Waals surface area contributed by atoms with Crippen LogP contribution < -0.4 is 9.64 Å². The lowest BCUT2D eigenvalue weighted by Gasteiger charge is -2.23. The first-order valence-corrected chi connectivity index (χ1v) is 6.78. The Kier molecular flexibility index (Phi) is 5.63. The Balaban J connectivity index is 3.16. The molecule has 108 valence electrons. The van der Waals surface area contributed by atoms with Gasteiger partial charge in [0.15, 0.2) is 0 Å². The standard InChI is InChI=1S/C18H25NO/c1-13(2)15(5)10-11-19(14(3)4)18-9-8-17(20-7)12-16(18)6/h8-12H,3H2,1-2,4-7H3/b11-10-. The van der Waals surface area contributed by atoms with Crippen molar-refractivity contribution in [2.45, 2.75) is 34.6 Å². The topological polar surface area (TPSA) is 12.5 Å². The summed E-state index contributed by atoms with van der Waals surface area (Å²) in [5.41, 5.74) is 5.84. The molecule has 0 bridgehead atoms. The predicted octanol–water partition coefficient (Wildman–Crippen LogP) is 5.21. The third-order valence-corrected chi connectivity index (χ3v) is 3.34. The summed E-state index contributed by atoms with van der Waals surface area (Å²) in [5, 5.41) is 0. The van der Waals surface area contributed by atoms with E-state index in [1.165, 1.54) is 11.1 Å². The number of rotatable bonds is 5. The van der Waals surface area contributed by atoms with Crippen molar-refractivity contribution in [1.82, 2.24) is 0 Å². The Morgan fingerprint density at radius 3 is 2.30 bits per heavy atom. The Morgan fingerprint density at radius 1 is 1.20 bits per heavy atom. The number of aryl methyl sites for hydroxylation is 1. The van der Waals surface area contributed by atoms with Crippen LogP contribution in [0.3, 0.4) is 0 Å². The minimum atomic E-state index is 0.873. The summed E-state index contributed by atoms with van der Waals surface area (Å²) in [5.74, 6) is 0.873. The molecule has 0 aliphatic carbocycles. The van der Waals surface area contributed by atoms with Gasteiger partial charge in [0.25, 0.3) is 0 Å². The van der Waals surface area contributed by atoms with Gasteiger partial charge in [-0.05, 0) is 64.5 Å². The van der Waals surface area contributed by atoms with Crippen molar-refractivity contribution >= 4 is 5.69 Å². The summed E-state index contributed by atoms with van der Waals surface area (Å²) in [6.45, 7) is 14.5. The number of hydrogen-bond acceptors (Lipinski definition) is 2. The Labute approximate surface area is 123 Å². The van der Waals surface area contributed by atoms with Gasteiger partial charge in [0.05, 0.1) is 7.11 Å². The molecule has 0 heterocycles. The van der Waals surface area contributed by atoms with Crippen molar-refractivity contribution in [3.8, 4) is 5.75 Å². The lowest BCUT2D eigenvalue weighted by molar-refractivity contribution is 0.414. The van der Waals surface area contributed by atoms with E-state index in [1.54, 1.807) is 7.11 Å². The van der Waals surface area contributed by atoms with Gasteiger partial charge in [-0.1, -0.05) is 17.7 Å². The van der Waals surface area contributed by atoms with E-state index in [1.807, 2.05) is 19.1 Å². The maximum atomic E-state index is 5.25. The second-order valence-electron chi connectivity index (χ2n) is 5.26. The van der Waals surface area contributed by atoms with E-state index in [2.05, 4.69) is 57.5 Å². The fourth-order valence-electron chi connectivity index (χ4n) is 1.79. The molecule has 0 aliphatic rings. The highest BCUT2D eigenvalue weighted by Crippen LogP contribution is 2.27. The highest BCUT2D eigenvalue weighted by molar-refractivity contribution is 5.61. The van der Waals surface area contributed by atoms with Crippen LogP contribution >= 0.6 is 0 Å². The molecule has 0 aliphatic heterocycles. The van der Waals surface area contributed by atoms with E-state index in [0.717, 1.165) is 22.7 Å². The largest absolute Gasteiger partial charge is 0.497 e. The van der Waals surface area contributed by atoms with Crippen LogP contribution in [0.5, 0.6) is 5.75 Å². The molecule has 0 saturated carbocycles. The molecular weight excluding hydrogens is 246 g/mol. The number of allylic oxidation sites excluding steroid dienone is 4. The van der Waals surface area contributed by atoms with Crippen molar-refractivity contribution in [3.05, 3.63) is 59.5 Å². The van der Waals surface area contributed by atoms with Crippen molar-refractivity contribution in [2.75, 3.05) is 12.0 Å². The molecule has 0 fully saturated rings. The number of anilines is 1. The van der Waals surface area contributed by atoms with Gasteiger partial charge in [-0.15, -0.1) is 0 Å². The molecule has 0 N–H and O–H groups in total. The van der Waals surface area contributed by atoms with Gasteiger partial charge in [-0.2, -0.15) is 0 Å². The van der Waals surface area contributed by atoms with E-state index in [4.69, 9.17) is 4.74 Å². The number of methoxy groups -OCH3 is 1. The highest BCUT2D eigenvalue weighted by atomic mass is 16.5. The molecule has 2 heteroatoms. The van der Waals surface area contributed by atoms with Crippen molar-refractivity contribution in [3.63, 3.8) is 0 Å². The van der Waals surface area contributed by atoms with Gasteiger partial charge in [0, 0.05) is 17.6 Å². The Bertz CT molecular complexity index is 549. The summed E-state index contributed by atoms with van der Waals surface area (Å²) < 4.78 is 5.25. The van der Waals surface area contributed by atoms with Gasteiger partial charge in [-0.25, -0.2) is 0 Å². The average molecular weight is 271 g/mol. The minimum absolute atomic E-state index is 0.873. The van der Waals surface area contributed by atoms with Crippen LogP contribution in [0, 0.1) is 6.92 Å². The fourth-order valence-corrected chi connectivity index (χ4v) is 1.79. The maximum Gasteiger partial charge on any atom is 0.119 e. The summed E-state index contributed by atoms with van der Waals surface area (Å²) in [6, 6.07) is 6.07. The fraction of sp³-hybridized carbons (Fsp3) is 0.333. The maximum absolute atomic E-state index is 5.25. The second-order valence-corrected chi connectivity index (χ2v) is 5.26. The SMILES string of the molecule is C=C(C)N(/C=C\C(C)=C(C)C)c1ccc(OC)cc1C. The molecular formula is C18H25NO. The molecule has 0 saturated heterocycles. The molecule has 1 aromatic rings. The quantitative estimate of drug-likeness (QED) is 0.681. The zero-order valence-corrected chi connectivity index (χ0v) is 13.4. The lowest BCUT2D eigenvalue weighted by Crippen LogP contribution is -2.13. The third kappa shape index (κ3) is 4.02. The minimum Gasteiger partial charge on any atom is -0.497 e. The first-order chi connectivity index (χ1) is 9.36. The molecule has 0 radical (unpaired) electrons. The molecule has 0 spiro atoms. The van der Waals surface area contributed by atoms with E-state index in [0.29, 0.717) is 0 Å². The van der Waals surface area contributed by atoms with Gasteiger partial charge in [-0.3, -0.25) is 0 Å². The molecule has 0 aromatic heterocycles. The first kappa shape index (κ1) is 16.1. The Hall–Kier alpha value is -1.96. The van der Waals surface area contributed by atoms with Crippen LogP contribution in [0.1, 0.15) is 33.3 Å². The summed E-state index contributed by atoms with van der Waals surface area (Å²) in [7, 11) is 1.68. The van der Waals surface area contributed by atoms with Crippen LogP contribution in [0.4, 0.5) is 5.69 Å². The predicted molar refractivity (Wildman–Crippen MR) is 88.2 cm³/mol. The van der Waals surface area contributed by atoms with Crippen molar-refractivity contribution < 1.29 is 4.74 Å². The molecule has 1 rings (SSSR count). The summed E-state index contributed by atoms with van der Waals surface area (Å²) >= 11 is 0. The number of benzene rings is 1. The van der Waals surface area contributed by atoms with Crippen LogP contribution in [-0.2, 0) is 0 Å². The van der Waals surface area contributed by atoms with E-state index < -0.39 is 0 Å². The molecule has 20 heavy (non-hydrogen) atoms. The number of hydrogen-bond donors (Lipinski definition) is 0. The van der Waals surface area contributed by atoms with Crippen LogP contribution in [0.15, 0.2) is 53.9 Å². The average Bonchev–Trinajstić information content (AvgIpc) is 2.39. The highest BCUT2D eigenvalue weighted by Gasteiger charge is 2.08. The van der Waals surface area contributed by atoms with Crippen LogP contribution in [-0.4, -0.2) is 7.11 Å². The summed E-state index contributed by atoms with van der Waals surface area (Å²) in [4.78, 5) is 2.10. The van der Waals surface area contributed by atoms with Crippen LogP contribution in [0.25, 0.3) is 0 Å². The first-order valence-electron chi connectivity index (χ1n) is 6.78. The molecule has 2 nitrogen and oxygen atoms in total. The number of nitrogens with zero attached hydrogens (tertiary/aromatic N) is 1. The Morgan fingerprint density at radius 2 is 1.85 bits per heavy atom. The smallest absolute Gasteiger partial charge is 0.119 e. The van der Waals surface area contributed by atoms with Gasteiger partial charge in [0.1, 0.15) is 5.75 Å². The van der Waals surface area contributed by atoms with Gasteiger partial charge in [0.2, 0.25) is 0 Å². The van der Waals surface area contributed by atoms with Crippen LogP contribution in [0.2, 0.25) is 0 Å². The summed E-state index contributed by atoms with van der Waals surface area (Å²) in [6.07, 6.45) is 4.19. The van der Waals surface area contributed by atoms with Crippen molar-refractivity contribution in [1.29, 1.82) is 0 Å². The van der Waals surface area contributed by atoms with E-state index in [9.17, 15) is 0 Å². The zero-order valence-electron chi connectivity index (χ0n) is 13.4. The zero-order chi connectivity index (χ0) is 15.3.